The monoisotopic (exact) mass is 511 g/mol. The van der Waals surface area contributed by atoms with Crippen LogP contribution >= 0.6 is 47.2 Å². The van der Waals surface area contributed by atoms with Crippen LogP contribution in [0.15, 0.2) is 65.7 Å². The number of aromatic nitrogens is 2. The molecule has 0 saturated carbocycles. The van der Waals surface area contributed by atoms with E-state index in [1.54, 1.807) is 11.1 Å². The molecular formula is C25H19Cl2N3OS2. The number of fused-ring (bicyclic) bond motifs is 1. The molecule has 4 nitrogen and oxygen atoms in total. The molecule has 1 aliphatic heterocycles. The summed E-state index contributed by atoms with van der Waals surface area (Å²) < 4.78 is 4.52. The number of hydrogen-bond acceptors (Lipinski definition) is 3. The zero-order valence-electron chi connectivity index (χ0n) is 17.9. The molecule has 2 aromatic carbocycles. The molecule has 166 valence electrons. The van der Waals surface area contributed by atoms with E-state index in [9.17, 15) is 4.79 Å². The lowest BCUT2D eigenvalue weighted by atomic mass is 10.1. The second-order valence-electron chi connectivity index (χ2n) is 7.89. The SMILES string of the molecule is Cc1ccc(C)n1N1C(=O)/C(=C\c2cn(Cc3ccc(Cl)cc3Cl)c3ccccc23)SC1=S. The first-order chi connectivity index (χ1) is 15.8. The van der Waals surface area contributed by atoms with Crippen LogP contribution in [0.4, 0.5) is 0 Å². The van der Waals surface area contributed by atoms with Crippen molar-refractivity contribution in [2.45, 2.75) is 20.4 Å². The van der Waals surface area contributed by atoms with E-state index >= 15 is 0 Å². The molecule has 5 rings (SSSR count). The molecule has 0 aliphatic carbocycles. The number of hydrogen-bond donors (Lipinski definition) is 0. The number of para-hydroxylation sites is 1. The topological polar surface area (TPSA) is 30.2 Å². The van der Waals surface area contributed by atoms with Crippen molar-refractivity contribution in [3.63, 3.8) is 0 Å². The van der Waals surface area contributed by atoms with E-state index in [1.165, 1.54) is 11.8 Å². The number of halogens is 2. The Labute approximate surface area is 211 Å². The summed E-state index contributed by atoms with van der Waals surface area (Å²) in [4.78, 5) is 13.9. The van der Waals surface area contributed by atoms with Gasteiger partial charge in [0.05, 0.1) is 4.91 Å². The van der Waals surface area contributed by atoms with Gasteiger partial charge in [0.1, 0.15) is 0 Å². The number of thiocarbonyl (C=S) groups is 1. The third-order valence-corrected chi connectivity index (χ3v) is 7.54. The maximum Gasteiger partial charge on any atom is 0.285 e. The van der Waals surface area contributed by atoms with E-state index in [1.807, 2.05) is 67.2 Å². The number of nitrogens with zero attached hydrogens (tertiary/aromatic N) is 3. The van der Waals surface area contributed by atoms with Gasteiger partial charge in [-0.2, -0.15) is 5.01 Å². The summed E-state index contributed by atoms with van der Waals surface area (Å²) in [5, 5.41) is 3.86. The van der Waals surface area contributed by atoms with E-state index in [0.29, 0.717) is 25.8 Å². The first-order valence-electron chi connectivity index (χ1n) is 10.3. The molecule has 0 radical (unpaired) electrons. The Bertz CT molecular complexity index is 1450. The van der Waals surface area contributed by atoms with Gasteiger partial charge in [-0.25, -0.2) is 0 Å². The molecule has 4 aromatic rings. The standard InChI is InChI=1S/C25H19Cl2N3OS2/c1-15-7-8-16(2)29(15)30-24(31)23(33-25(30)32)11-18-14-28(22-6-4-3-5-20(18)22)13-17-9-10-19(26)12-21(17)27/h3-12,14H,13H2,1-2H3/b23-11+. The number of rotatable bonds is 4. The summed E-state index contributed by atoms with van der Waals surface area (Å²) in [6.45, 7) is 4.52. The first-order valence-corrected chi connectivity index (χ1v) is 12.3. The highest BCUT2D eigenvalue weighted by Crippen LogP contribution is 2.35. The predicted octanol–water partition coefficient (Wildman–Crippen LogP) is 6.95. The molecule has 1 aliphatic rings. The summed E-state index contributed by atoms with van der Waals surface area (Å²) in [6, 6.07) is 17.6. The minimum absolute atomic E-state index is 0.120. The fraction of sp³-hybridized carbons (Fsp3) is 0.120. The summed E-state index contributed by atoms with van der Waals surface area (Å²) in [7, 11) is 0. The van der Waals surface area contributed by atoms with Crippen LogP contribution in [-0.2, 0) is 11.3 Å². The molecule has 0 bridgehead atoms. The lowest BCUT2D eigenvalue weighted by Crippen LogP contribution is -2.39. The Balaban J connectivity index is 1.54. The summed E-state index contributed by atoms with van der Waals surface area (Å²) in [5.41, 5.74) is 4.90. The predicted molar refractivity (Wildman–Crippen MR) is 143 cm³/mol. The summed E-state index contributed by atoms with van der Waals surface area (Å²) in [5.74, 6) is -0.120. The van der Waals surface area contributed by atoms with Crippen LogP contribution in [0.25, 0.3) is 17.0 Å². The Morgan fingerprint density at radius 3 is 2.48 bits per heavy atom. The number of carbonyl (C=O) groups is 1. The molecule has 0 unspecified atom stereocenters. The van der Waals surface area contributed by atoms with Crippen molar-refractivity contribution >= 4 is 74.4 Å². The Morgan fingerprint density at radius 2 is 1.76 bits per heavy atom. The van der Waals surface area contributed by atoms with Gasteiger partial charge in [0.2, 0.25) is 0 Å². The number of benzene rings is 2. The minimum Gasteiger partial charge on any atom is -0.342 e. The van der Waals surface area contributed by atoms with Crippen molar-refractivity contribution < 1.29 is 4.79 Å². The fourth-order valence-corrected chi connectivity index (χ4v) is 5.80. The van der Waals surface area contributed by atoms with E-state index < -0.39 is 0 Å². The van der Waals surface area contributed by atoms with Crippen molar-refractivity contribution in [3.8, 4) is 0 Å². The highest BCUT2D eigenvalue weighted by Gasteiger charge is 2.35. The van der Waals surface area contributed by atoms with Crippen molar-refractivity contribution in [2.24, 2.45) is 0 Å². The maximum absolute atomic E-state index is 13.3. The molecule has 1 saturated heterocycles. The molecular weight excluding hydrogens is 493 g/mol. The fourth-order valence-electron chi connectivity index (χ4n) is 4.10. The van der Waals surface area contributed by atoms with Gasteiger partial charge in [-0.1, -0.05) is 59.2 Å². The van der Waals surface area contributed by atoms with Crippen LogP contribution in [0, 0.1) is 13.8 Å². The average molecular weight is 512 g/mol. The Hall–Kier alpha value is -2.51. The molecule has 0 spiro atoms. The molecule has 0 atom stereocenters. The maximum atomic E-state index is 13.3. The van der Waals surface area contributed by atoms with Crippen LogP contribution in [0.2, 0.25) is 10.0 Å². The number of thioether (sulfide) groups is 1. The molecule has 8 heteroatoms. The lowest BCUT2D eigenvalue weighted by molar-refractivity contribution is -0.114. The van der Waals surface area contributed by atoms with Crippen LogP contribution < -0.4 is 5.01 Å². The quantitative estimate of drug-likeness (QED) is 0.219. The van der Waals surface area contributed by atoms with Crippen LogP contribution in [0.5, 0.6) is 0 Å². The third-order valence-electron chi connectivity index (χ3n) is 5.67. The van der Waals surface area contributed by atoms with Gasteiger partial charge in [0.15, 0.2) is 4.32 Å². The van der Waals surface area contributed by atoms with Gasteiger partial charge in [0, 0.05) is 50.6 Å². The van der Waals surface area contributed by atoms with Crippen molar-refractivity contribution in [2.75, 3.05) is 5.01 Å². The Morgan fingerprint density at radius 1 is 1.03 bits per heavy atom. The van der Waals surface area contributed by atoms with E-state index in [-0.39, 0.29) is 5.91 Å². The second-order valence-corrected chi connectivity index (χ2v) is 10.4. The molecule has 3 heterocycles. The third kappa shape index (κ3) is 4.02. The van der Waals surface area contributed by atoms with Gasteiger partial charge < -0.3 is 4.57 Å². The first kappa shape index (κ1) is 22.3. The normalized spacial score (nSPS) is 15.4. The zero-order valence-corrected chi connectivity index (χ0v) is 21.0. The number of aryl methyl sites for hydroxylation is 2. The zero-order chi connectivity index (χ0) is 23.3. The minimum atomic E-state index is -0.120. The lowest BCUT2D eigenvalue weighted by Gasteiger charge is -2.20. The van der Waals surface area contributed by atoms with Crippen molar-refractivity contribution in [1.82, 2.24) is 9.24 Å². The molecule has 0 N–H and O–H groups in total. The number of carbonyl (C=O) groups excluding carboxylic acids is 1. The highest BCUT2D eigenvalue weighted by molar-refractivity contribution is 8.27. The van der Waals surface area contributed by atoms with E-state index in [0.717, 1.165) is 33.4 Å². The van der Waals surface area contributed by atoms with Gasteiger partial charge in [0.25, 0.3) is 5.91 Å². The van der Waals surface area contributed by atoms with Gasteiger partial charge in [-0.05, 0) is 68.0 Å². The molecule has 2 aromatic heterocycles. The molecule has 1 amide bonds. The summed E-state index contributed by atoms with van der Waals surface area (Å²) >= 11 is 19.4. The molecule has 33 heavy (non-hydrogen) atoms. The van der Waals surface area contributed by atoms with E-state index in [4.69, 9.17) is 35.4 Å². The van der Waals surface area contributed by atoms with Crippen LogP contribution in [0.3, 0.4) is 0 Å². The largest absolute Gasteiger partial charge is 0.342 e. The van der Waals surface area contributed by atoms with Gasteiger partial charge in [-0.15, -0.1) is 0 Å². The second kappa shape index (κ2) is 8.69. The number of amides is 1. The average Bonchev–Trinajstić information content (AvgIpc) is 3.39. The summed E-state index contributed by atoms with van der Waals surface area (Å²) in [6.07, 6.45) is 3.98. The van der Waals surface area contributed by atoms with Gasteiger partial charge in [-0.3, -0.25) is 9.47 Å². The highest BCUT2D eigenvalue weighted by atomic mass is 35.5. The van der Waals surface area contributed by atoms with Crippen LogP contribution in [0.1, 0.15) is 22.5 Å². The van der Waals surface area contributed by atoms with Crippen molar-refractivity contribution in [1.29, 1.82) is 0 Å². The smallest absolute Gasteiger partial charge is 0.285 e. The van der Waals surface area contributed by atoms with Crippen LogP contribution in [-0.4, -0.2) is 19.5 Å². The van der Waals surface area contributed by atoms with E-state index in [2.05, 4.69) is 16.7 Å². The molecule has 1 fully saturated rings. The Kier molecular flexibility index (Phi) is 5.87. The van der Waals surface area contributed by atoms with Crippen molar-refractivity contribution in [3.05, 3.63) is 98.3 Å². The van der Waals surface area contributed by atoms with Gasteiger partial charge >= 0.3 is 0 Å².